The molecule has 1 aliphatic rings. The zero-order valence-electron chi connectivity index (χ0n) is 8.93. The summed E-state index contributed by atoms with van der Waals surface area (Å²) in [5, 5.41) is 8.76. The average Bonchev–Trinajstić information content (AvgIpc) is 2.28. The number of β-amino-alcohol motifs (C(OH)–C–C–N with tert-alkyl or cyclic N) is 1. The molecule has 0 bridgehead atoms. The number of rotatable bonds is 4. The highest BCUT2D eigenvalue weighted by Crippen LogP contribution is 2.02. The van der Waals surface area contributed by atoms with Crippen molar-refractivity contribution in [2.24, 2.45) is 11.5 Å². The van der Waals surface area contributed by atoms with Crippen molar-refractivity contribution in [3.8, 4) is 0 Å². The second-order valence-corrected chi connectivity index (χ2v) is 3.73. The molecule has 0 aliphatic carbocycles. The maximum Gasteiger partial charge on any atom is 0.240 e. The third kappa shape index (κ3) is 3.42. The number of piperazine rings is 1. The second kappa shape index (κ2) is 6.02. The summed E-state index contributed by atoms with van der Waals surface area (Å²) in [7, 11) is 0. The zero-order chi connectivity index (χ0) is 11.3. The van der Waals surface area contributed by atoms with Gasteiger partial charge in [-0.1, -0.05) is 0 Å². The number of aliphatic hydroxyl groups excluding tert-OH is 1. The summed E-state index contributed by atoms with van der Waals surface area (Å²) in [5.74, 6) is -0.0684. The van der Waals surface area contributed by atoms with Crippen LogP contribution in [0.4, 0.5) is 0 Å². The van der Waals surface area contributed by atoms with Crippen LogP contribution in [0.25, 0.3) is 0 Å². The first-order chi connectivity index (χ1) is 7.19. The number of carbonyl (C=O) groups excluding carboxylic acids is 1. The van der Waals surface area contributed by atoms with Gasteiger partial charge in [-0.25, -0.2) is 0 Å². The number of hydrogen-bond donors (Lipinski definition) is 3. The fraction of sp³-hybridized carbons (Fsp3) is 0.889. The van der Waals surface area contributed by atoms with Crippen molar-refractivity contribution in [2.75, 3.05) is 45.9 Å². The molecule has 1 heterocycles. The number of nitrogens with two attached hydrogens (primary N) is 2. The van der Waals surface area contributed by atoms with Gasteiger partial charge in [0.25, 0.3) is 0 Å². The summed E-state index contributed by atoms with van der Waals surface area (Å²) in [6.45, 7) is 3.96. The van der Waals surface area contributed by atoms with E-state index < -0.39 is 6.04 Å². The Morgan fingerprint density at radius 2 is 1.93 bits per heavy atom. The van der Waals surface area contributed by atoms with Crippen LogP contribution < -0.4 is 11.5 Å². The summed E-state index contributed by atoms with van der Waals surface area (Å²) in [4.78, 5) is 15.5. The van der Waals surface area contributed by atoms with Gasteiger partial charge >= 0.3 is 0 Å². The number of carbonyl (C=O) groups is 1. The highest BCUT2D eigenvalue weighted by atomic mass is 16.3. The normalized spacial score (nSPS) is 20.3. The van der Waals surface area contributed by atoms with E-state index in [0.717, 1.165) is 13.1 Å². The molecular weight excluding hydrogens is 196 g/mol. The second-order valence-electron chi connectivity index (χ2n) is 3.73. The SMILES string of the molecule is NCC(N)C(=O)N1CCN(CCO)CC1. The molecular formula is C9H20N4O2. The van der Waals surface area contributed by atoms with E-state index in [9.17, 15) is 4.79 Å². The molecule has 0 aromatic heterocycles. The van der Waals surface area contributed by atoms with Crippen LogP contribution in [0.2, 0.25) is 0 Å². The summed E-state index contributed by atoms with van der Waals surface area (Å²) in [5.41, 5.74) is 10.9. The summed E-state index contributed by atoms with van der Waals surface area (Å²) in [6.07, 6.45) is 0. The Hall–Kier alpha value is -0.690. The summed E-state index contributed by atoms with van der Waals surface area (Å²) in [6, 6.07) is -0.575. The van der Waals surface area contributed by atoms with Gasteiger partial charge in [-0.3, -0.25) is 9.69 Å². The molecule has 1 fully saturated rings. The molecule has 0 spiro atoms. The fourth-order valence-electron chi connectivity index (χ4n) is 1.67. The molecule has 1 unspecified atom stereocenters. The quantitative estimate of drug-likeness (QED) is 0.479. The highest BCUT2D eigenvalue weighted by molar-refractivity contribution is 5.82. The Labute approximate surface area is 89.8 Å². The smallest absolute Gasteiger partial charge is 0.240 e. The molecule has 15 heavy (non-hydrogen) atoms. The zero-order valence-corrected chi connectivity index (χ0v) is 8.93. The van der Waals surface area contributed by atoms with Gasteiger partial charge in [-0.2, -0.15) is 0 Å². The van der Waals surface area contributed by atoms with Crippen LogP contribution in [0, 0.1) is 0 Å². The monoisotopic (exact) mass is 216 g/mol. The molecule has 0 radical (unpaired) electrons. The lowest BCUT2D eigenvalue weighted by Crippen LogP contribution is -2.55. The van der Waals surface area contributed by atoms with E-state index in [2.05, 4.69) is 4.90 Å². The molecule has 6 nitrogen and oxygen atoms in total. The Morgan fingerprint density at radius 3 is 2.40 bits per heavy atom. The summed E-state index contributed by atoms with van der Waals surface area (Å²) >= 11 is 0. The van der Waals surface area contributed by atoms with E-state index in [4.69, 9.17) is 16.6 Å². The molecule has 5 N–H and O–H groups in total. The number of amides is 1. The van der Waals surface area contributed by atoms with Gasteiger partial charge in [-0.05, 0) is 0 Å². The molecule has 1 saturated heterocycles. The van der Waals surface area contributed by atoms with Crippen molar-refractivity contribution in [1.82, 2.24) is 9.80 Å². The van der Waals surface area contributed by atoms with Crippen LogP contribution in [0.15, 0.2) is 0 Å². The number of hydrogen-bond acceptors (Lipinski definition) is 5. The first-order valence-corrected chi connectivity index (χ1v) is 5.26. The molecule has 0 aromatic carbocycles. The van der Waals surface area contributed by atoms with Crippen molar-refractivity contribution < 1.29 is 9.90 Å². The maximum absolute atomic E-state index is 11.6. The first kappa shape index (κ1) is 12.4. The molecule has 0 aromatic rings. The van der Waals surface area contributed by atoms with E-state index in [0.29, 0.717) is 19.6 Å². The molecule has 0 saturated carbocycles. The van der Waals surface area contributed by atoms with E-state index >= 15 is 0 Å². The van der Waals surface area contributed by atoms with E-state index in [1.165, 1.54) is 0 Å². The Morgan fingerprint density at radius 1 is 1.33 bits per heavy atom. The van der Waals surface area contributed by atoms with E-state index in [1.807, 2.05) is 0 Å². The minimum absolute atomic E-state index is 0.0684. The summed E-state index contributed by atoms with van der Waals surface area (Å²) < 4.78 is 0. The third-order valence-electron chi connectivity index (χ3n) is 2.67. The van der Waals surface area contributed by atoms with Gasteiger partial charge in [0.1, 0.15) is 0 Å². The van der Waals surface area contributed by atoms with Gasteiger partial charge in [0.15, 0.2) is 0 Å². The molecule has 88 valence electrons. The lowest BCUT2D eigenvalue weighted by Gasteiger charge is -2.35. The van der Waals surface area contributed by atoms with Crippen LogP contribution in [-0.4, -0.2) is 72.7 Å². The topological polar surface area (TPSA) is 95.8 Å². The standard InChI is InChI=1S/C9H20N4O2/c10-7-8(11)9(15)13-3-1-12(2-4-13)5-6-14/h8,14H,1-7,10-11H2. The number of nitrogens with zero attached hydrogens (tertiary/aromatic N) is 2. The van der Waals surface area contributed by atoms with Crippen molar-refractivity contribution in [3.63, 3.8) is 0 Å². The predicted molar refractivity (Wildman–Crippen MR) is 57.1 cm³/mol. The minimum atomic E-state index is -0.575. The number of aliphatic hydroxyl groups is 1. The lowest BCUT2D eigenvalue weighted by atomic mass is 10.2. The molecule has 6 heteroatoms. The Bertz CT molecular complexity index is 204. The largest absolute Gasteiger partial charge is 0.395 e. The lowest BCUT2D eigenvalue weighted by molar-refractivity contribution is -0.134. The molecule has 1 atom stereocenters. The van der Waals surface area contributed by atoms with Crippen LogP contribution in [0.3, 0.4) is 0 Å². The van der Waals surface area contributed by atoms with Crippen LogP contribution in [0.5, 0.6) is 0 Å². The first-order valence-electron chi connectivity index (χ1n) is 5.26. The Balaban J connectivity index is 2.33. The van der Waals surface area contributed by atoms with Crippen molar-refractivity contribution in [2.45, 2.75) is 6.04 Å². The van der Waals surface area contributed by atoms with Gasteiger partial charge in [-0.15, -0.1) is 0 Å². The maximum atomic E-state index is 11.6. The highest BCUT2D eigenvalue weighted by Gasteiger charge is 2.23. The van der Waals surface area contributed by atoms with Gasteiger partial charge in [0, 0.05) is 39.3 Å². The van der Waals surface area contributed by atoms with Crippen LogP contribution >= 0.6 is 0 Å². The average molecular weight is 216 g/mol. The van der Waals surface area contributed by atoms with E-state index in [-0.39, 0.29) is 19.1 Å². The van der Waals surface area contributed by atoms with Gasteiger partial charge < -0.3 is 21.5 Å². The minimum Gasteiger partial charge on any atom is -0.395 e. The fourth-order valence-corrected chi connectivity index (χ4v) is 1.67. The molecule has 1 rings (SSSR count). The van der Waals surface area contributed by atoms with Gasteiger partial charge in [0.05, 0.1) is 12.6 Å². The predicted octanol–water partition coefficient (Wildman–Crippen LogP) is -2.59. The van der Waals surface area contributed by atoms with Crippen LogP contribution in [-0.2, 0) is 4.79 Å². The molecule has 1 amide bonds. The van der Waals surface area contributed by atoms with E-state index in [1.54, 1.807) is 4.90 Å². The van der Waals surface area contributed by atoms with Gasteiger partial charge in [0.2, 0.25) is 5.91 Å². The van der Waals surface area contributed by atoms with Crippen LogP contribution in [0.1, 0.15) is 0 Å². The third-order valence-corrected chi connectivity index (χ3v) is 2.67. The van der Waals surface area contributed by atoms with Crippen molar-refractivity contribution >= 4 is 5.91 Å². The Kier molecular flexibility index (Phi) is 4.97. The van der Waals surface area contributed by atoms with Crippen molar-refractivity contribution in [1.29, 1.82) is 0 Å². The van der Waals surface area contributed by atoms with Crippen molar-refractivity contribution in [3.05, 3.63) is 0 Å². The molecule has 1 aliphatic heterocycles.